The summed E-state index contributed by atoms with van der Waals surface area (Å²) in [5.74, 6) is 0. The Bertz CT molecular complexity index is 1930. The third kappa shape index (κ3) is 8.27. The number of halogens is 2. The molecule has 0 N–H and O–H groups in total. The number of hydrogen-bond donors (Lipinski definition) is 0. The second-order valence-electron chi connectivity index (χ2n) is 16.7. The standard InChI is InChI=1S/C31H45Si3.C13H10.2ClH.Zr/c1-12-22-18-24-20-26-25(29(24)27(19-22)32(3,4)5)21-28(33(6,7)8)31(13-2,34(9,10)11)30(26)23-16-14-15-17-23;1-3-7-12(8-4-1)11-13-9-5-2-6-10-13;;;/h14-16,18-19,21H,12-13,17H2,1-11H3;1-10H;2*1H;/q-1;;;;+2/p-2. The summed E-state index contributed by atoms with van der Waals surface area (Å²) in [6.07, 6.45) is 17.2. The fraction of sp³-hybridized carbons (Fsp3) is 0.341. The van der Waals surface area contributed by atoms with Gasteiger partial charge in [-0.2, -0.15) is 0 Å². The van der Waals surface area contributed by atoms with Crippen LogP contribution in [0.2, 0.25) is 64.0 Å². The van der Waals surface area contributed by atoms with Crippen molar-refractivity contribution in [2.24, 2.45) is 0 Å². The summed E-state index contributed by atoms with van der Waals surface area (Å²) in [5.41, 5.74) is 10.2. The Hall–Kier alpha value is -1.66. The summed E-state index contributed by atoms with van der Waals surface area (Å²) in [4.78, 5) is 0. The van der Waals surface area contributed by atoms with Crippen molar-refractivity contribution in [3.63, 3.8) is 0 Å². The first kappa shape index (κ1) is 42.8. The number of rotatable bonds is 8. The maximum absolute atomic E-state index is 4.07. The van der Waals surface area contributed by atoms with Crippen molar-refractivity contribution >= 4 is 44.3 Å². The minimum atomic E-state index is -1.65. The Morgan fingerprint density at radius 3 is 1.76 bits per heavy atom. The van der Waals surface area contributed by atoms with E-state index in [1.165, 1.54) is 72.1 Å². The zero-order chi connectivity index (χ0) is 35.1. The molecule has 50 heavy (non-hydrogen) atoms. The van der Waals surface area contributed by atoms with Gasteiger partial charge in [-0.15, -0.1) is 33.7 Å². The molecule has 0 saturated heterocycles. The Kier molecular flexibility index (Phi) is 14.2. The van der Waals surface area contributed by atoms with Gasteiger partial charge in [-0.3, -0.25) is 0 Å². The third-order valence-corrected chi connectivity index (χ3v) is 19.8. The number of benzene rings is 3. The average Bonchev–Trinajstić information content (AvgIpc) is 3.70. The molecule has 1 atom stereocenters. The number of hydrogen-bond acceptors (Lipinski definition) is 0. The summed E-state index contributed by atoms with van der Waals surface area (Å²) >= 11 is 1.46. The third-order valence-electron chi connectivity index (χ3n) is 10.5. The van der Waals surface area contributed by atoms with Crippen LogP contribution in [0.1, 0.15) is 43.4 Å². The van der Waals surface area contributed by atoms with Crippen molar-refractivity contribution < 1.29 is 49.0 Å². The van der Waals surface area contributed by atoms with Crippen molar-refractivity contribution in [2.75, 3.05) is 0 Å². The minimum absolute atomic E-state index is 0. The van der Waals surface area contributed by atoms with Crippen LogP contribution in [0.25, 0.3) is 11.6 Å². The molecule has 3 aromatic rings. The first-order valence-corrected chi connectivity index (χ1v) is 29.6. The molecule has 0 fully saturated rings. The van der Waals surface area contributed by atoms with Gasteiger partial charge >= 0.3 is 99.2 Å². The molecule has 0 aromatic heterocycles. The van der Waals surface area contributed by atoms with Crippen LogP contribution >= 0.6 is 0 Å². The van der Waals surface area contributed by atoms with Gasteiger partial charge < -0.3 is 24.8 Å². The van der Waals surface area contributed by atoms with Gasteiger partial charge in [0.2, 0.25) is 0 Å². The maximum atomic E-state index is 4.07. The van der Waals surface area contributed by atoms with E-state index in [1.807, 2.05) is 0 Å². The van der Waals surface area contributed by atoms with E-state index in [0.717, 1.165) is 12.8 Å². The van der Waals surface area contributed by atoms with Gasteiger partial charge in [-0.05, 0) is 17.9 Å². The average molecular weight is 830 g/mol. The van der Waals surface area contributed by atoms with Crippen LogP contribution in [0.5, 0.6) is 0 Å². The normalized spacial score (nSPS) is 18.1. The number of allylic oxidation sites excluding steroid dienone is 8. The van der Waals surface area contributed by atoms with E-state index in [9.17, 15) is 0 Å². The molecule has 0 amide bonds. The van der Waals surface area contributed by atoms with Crippen LogP contribution in [0.4, 0.5) is 0 Å². The summed E-state index contributed by atoms with van der Waals surface area (Å²) in [5, 5.41) is 6.47. The summed E-state index contributed by atoms with van der Waals surface area (Å²) < 4.78 is 1.42. The van der Waals surface area contributed by atoms with E-state index in [2.05, 4.69) is 176 Å². The topological polar surface area (TPSA) is 0 Å². The van der Waals surface area contributed by atoms with Crippen LogP contribution < -0.4 is 40.4 Å². The van der Waals surface area contributed by atoms with Gasteiger partial charge in [0, 0.05) is 0 Å². The summed E-state index contributed by atoms with van der Waals surface area (Å²) in [6.45, 7) is 27.9. The first-order valence-electron chi connectivity index (χ1n) is 17.9. The molecule has 0 spiro atoms. The van der Waals surface area contributed by atoms with E-state index in [1.54, 1.807) is 21.5 Å². The van der Waals surface area contributed by atoms with Gasteiger partial charge in [0.25, 0.3) is 0 Å². The number of fused-ring (bicyclic) bond motifs is 2. The van der Waals surface area contributed by atoms with Crippen molar-refractivity contribution in [1.29, 1.82) is 0 Å². The van der Waals surface area contributed by atoms with E-state index in [4.69, 9.17) is 0 Å². The molecule has 0 radical (unpaired) electrons. The molecular weight excluding hydrogens is 775 g/mol. The van der Waals surface area contributed by atoms with Crippen LogP contribution in [0.3, 0.4) is 0 Å². The van der Waals surface area contributed by atoms with Crippen molar-refractivity contribution in [1.82, 2.24) is 0 Å². The molecule has 0 nitrogen and oxygen atoms in total. The van der Waals surface area contributed by atoms with E-state index < -0.39 is 24.2 Å². The molecule has 262 valence electrons. The van der Waals surface area contributed by atoms with Gasteiger partial charge in [0.15, 0.2) is 0 Å². The van der Waals surface area contributed by atoms with E-state index in [0.29, 0.717) is 0 Å². The molecule has 0 saturated carbocycles. The zero-order valence-corrected chi connectivity index (χ0v) is 39.1. The second kappa shape index (κ2) is 16.6. The summed E-state index contributed by atoms with van der Waals surface area (Å²) in [6, 6.07) is 26.1. The molecule has 0 bridgehead atoms. The second-order valence-corrected chi connectivity index (χ2v) is 33.4. The fourth-order valence-corrected chi connectivity index (χ4v) is 18.0. The van der Waals surface area contributed by atoms with Crippen molar-refractivity contribution in [3.8, 4) is 0 Å². The Balaban J connectivity index is 0.000000355. The molecule has 3 aromatic carbocycles. The molecule has 0 aliphatic heterocycles. The monoisotopic (exact) mass is 827 g/mol. The Morgan fingerprint density at radius 1 is 0.780 bits per heavy atom. The van der Waals surface area contributed by atoms with Crippen LogP contribution in [-0.2, 0) is 30.7 Å². The molecule has 3 aliphatic rings. The zero-order valence-electron chi connectivity index (χ0n) is 32.1. The molecule has 6 heteroatoms. The Morgan fingerprint density at radius 2 is 1.34 bits per heavy atom. The van der Waals surface area contributed by atoms with E-state index >= 15 is 0 Å². The first-order chi connectivity index (χ1) is 22.5. The molecule has 6 rings (SSSR count). The molecular formula is C44H55Cl2Si3Zr-. The molecule has 3 aliphatic carbocycles. The van der Waals surface area contributed by atoms with E-state index in [-0.39, 0.29) is 29.9 Å². The van der Waals surface area contributed by atoms with Gasteiger partial charge in [-0.25, -0.2) is 0 Å². The predicted molar refractivity (Wildman–Crippen MR) is 218 cm³/mol. The Labute approximate surface area is 333 Å². The van der Waals surface area contributed by atoms with Crippen molar-refractivity contribution in [2.45, 2.75) is 97.1 Å². The predicted octanol–water partition coefficient (Wildman–Crippen LogP) is 3.92. The quantitative estimate of drug-likeness (QED) is 0.239. The molecule has 0 heterocycles. The van der Waals surface area contributed by atoms with Gasteiger partial charge in [-0.1, -0.05) is 137 Å². The van der Waals surface area contributed by atoms with Crippen LogP contribution in [0.15, 0.2) is 119 Å². The van der Waals surface area contributed by atoms with Gasteiger partial charge in [0.1, 0.15) is 0 Å². The SMILES string of the molecule is CCc1cc([Si](C)(C)C)c2c(c1)=[C-]C1=C(C3=CC=CC3)C(CC)([Si](C)(C)C)C([Si](C)(C)C)=CC=21.[Cl-].[Cl-].[Zr+2]=[C](c1ccccc1)c1ccccc1. The van der Waals surface area contributed by atoms with Crippen LogP contribution in [0, 0.1) is 0 Å². The van der Waals surface area contributed by atoms with Crippen molar-refractivity contribution in [3.05, 3.63) is 146 Å². The molecule has 1 unspecified atom stereocenters. The van der Waals surface area contributed by atoms with Gasteiger partial charge in [0.05, 0.1) is 24.2 Å². The fourth-order valence-electron chi connectivity index (χ4n) is 8.15. The summed E-state index contributed by atoms with van der Waals surface area (Å²) in [7, 11) is -4.78. The number of aryl methyl sites for hydroxylation is 1. The van der Waals surface area contributed by atoms with Crippen LogP contribution in [-0.4, -0.2) is 27.4 Å².